The fraction of sp³-hybridized carbons (Fsp3) is 0.388. The predicted octanol–water partition coefficient (Wildman–Crippen LogP) is 12.9. The molecule has 6 nitrogen and oxygen atoms in total. The van der Waals surface area contributed by atoms with E-state index in [-0.39, 0.29) is 11.6 Å². The molecular weight excluding hydrogens is 685 g/mol. The van der Waals surface area contributed by atoms with Crippen molar-refractivity contribution in [1.29, 1.82) is 0 Å². The molecular formula is C49H64O6. The molecule has 0 atom stereocenters. The van der Waals surface area contributed by atoms with Gasteiger partial charge in [0.15, 0.2) is 23.1 Å². The summed E-state index contributed by atoms with van der Waals surface area (Å²) in [7, 11) is 6.56. The molecule has 0 N–H and O–H groups in total. The zero-order valence-corrected chi connectivity index (χ0v) is 34.8. The fourth-order valence-corrected chi connectivity index (χ4v) is 5.85. The summed E-state index contributed by atoms with van der Waals surface area (Å²) in [4.78, 5) is 22.4. The van der Waals surface area contributed by atoms with Gasteiger partial charge in [0.2, 0.25) is 0 Å². The number of carbonyl (C=O) groups excluding carboxylic acids is 2. The van der Waals surface area contributed by atoms with E-state index < -0.39 is 0 Å². The molecule has 0 aliphatic rings. The second kappa shape index (κ2) is 26.6. The highest BCUT2D eigenvalue weighted by Gasteiger charge is 2.04. The molecule has 5 aromatic carbocycles. The Hall–Kier alpha value is -5.10. The Bertz CT molecular complexity index is 1770. The maximum atomic E-state index is 11.2. The largest absolute Gasteiger partial charge is 0.497 e. The summed E-state index contributed by atoms with van der Waals surface area (Å²) in [6.07, 6.45) is 13.7. The maximum absolute atomic E-state index is 11.2. The van der Waals surface area contributed by atoms with Crippen LogP contribution in [0.25, 0.3) is 10.8 Å². The van der Waals surface area contributed by atoms with E-state index in [1.54, 1.807) is 54.4 Å². The van der Waals surface area contributed by atoms with Crippen LogP contribution in [0.2, 0.25) is 0 Å². The number of para-hydroxylation sites is 2. The van der Waals surface area contributed by atoms with E-state index in [1.807, 2.05) is 73.7 Å². The molecule has 5 aromatic rings. The molecule has 0 aromatic heterocycles. The van der Waals surface area contributed by atoms with Crippen LogP contribution in [0.5, 0.6) is 23.0 Å². The number of carbonyl (C=O) groups is 2. The first-order chi connectivity index (χ1) is 26.6. The number of Topliss-reactive ketones (excluding diaryl/α,β-unsaturated/α-hetero) is 2. The van der Waals surface area contributed by atoms with Crippen molar-refractivity contribution in [3.63, 3.8) is 0 Å². The quantitative estimate of drug-likeness (QED) is 0.0739. The van der Waals surface area contributed by atoms with Gasteiger partial charge in [-0.25, -0.2) is 0 Å². The molecule has 6 heteroatoms. The van der Waals surface area contributed by atoms with Crippen molar-refractivity contribution >= 4 is 22.3 Å². The van der Waals surface area contributed by atoms with Crippen LogP contribution in [0.3, 0.4) is 0 Å². The second-order valence-corrected chi connectivity index (χ2v) is 13.5. The number of methoxy groups -OCH3 is 4. The lowest BCUT2D eigenvalue weighted by molar-refractivity contribution is 0.100. The number of aryl methyl sites for hydroxylation is 3. The van der Waals surface area contributed by atoms with Crippen LogP contribution < -0.4 is 18.9 Å². The van der Waals surface area contributed by atoms with Crippen molar-refractivity contribution in [1.82, 2.24) is 0 Å². The number of hydrogen-bond acceptors (Lipinski definition) is 6. The van der Waals surface area contributed by atoms with Crippen LogP contribution >= 0.6 is 0 Å². The van der Waals surface area contributed by atoms with Gasteiger partial charge in [-0.05, 0) is 110 Å². The van der Waals surface area contributed by atoms with Crippen LogP contribution in [0.4, 0.5) is 0 Å². The van der Waals surface area contributed by atoms with Gasteiger partial charge < -0.3 is 18.9 Å². The Kier molecular flexibility index (Phi) is 22.3. The van der Waals surface area contributed by atoms with Crippen LogP contribution in [0.15, 0.2) is 103 Å². The topological polar surface area (TPSA) is 71.1 Å². The highest BCUT2D eigenvalue weighted by molar-refractivity contribution is 6.01. The van der Waals surface area contributed by atoms with Gasteiger partial charge in [-0.15, -0.1) is 0 Å². The van der Waals surface area contributed by atoms with Crippen LogP contribution in [0, 0.1) is 6.92 Å². The van der Waals surface area contributed by atoms with Crippen LogP contribution in [0.1, 0.15) is 116 Å². The van der Waals surface area contributed by atoms with Crippen molar-refractivity contribution in [2.45, 2.75) is 98.8 Å². The minimum Gasteiger partial charge on any atom is -0.497 e. The highest BCUT2D eigenvalue weighted by Crippen LogP contribution is 2.25. The maximum Gasteiger partial charge on any atom is 0.160 e. The van der Waals surface area contributed by atoms with Gasteiger partial charge in [-0.2, -0.15) is 0 Å². The Morgan fingerprint density at radius 2 is 0.964 bits per heavy atom. The summed E-state index contributed by atoms with van der Waals surface area (Å²) in [5, 5.41) is 1.97. The lowest BCUT2D eigenvalue weighted by Gasteiger charge is -2.05. The van der Waals surface area contributed by atoms with Gasteiger partial charge >= 0.3 is 0 Å². The van der Waals surface area contributed by atoms with Gasteiger partial charge in [0.25, 0.3) is 0 Å². The minimum absolute atomic E-state index is 0.0533. The number of unbranched alkanes of at least 4 members (excludes halogenated alkanes) is 7. The normalized spacial score (nSPS) is 10.1. The Balaban J connectivity index is 0.000000260. The molecule has 0 aliphatic carbocycles. The van der Waals surface area contributed by atoms with E-state index in [9.17, 15) is 9.59 Å². The first-order valence-electron chi connectivity index (χ1n) is 19.6. The number of hydrogen-bond donors (Lipinski definition) is 0. The first kappa shape index (κ1) is 46.1. The van der Waals surface area contributed by atoms with Crippen molar-refractivity contribution in [2.24, 2.45) is 0 Å². The van der Waals surface area contributed by atoms with Crippen molar-refractivity contribution < 1.29 is 28.5 Å². The molecule has 0 saturated carbocycles. The van der Waals surface area contributed by atoms with Gasteiger partial charge in [0.1, 0.15) is 11.5 Å². The standard InChI is InChI=1S/C18H30.C14H12O2.C9H12O2.C8H10O2/c1-3-5-6-7-8-9-10-11-12-18-15-13-17(4-2)14-16-18;1-9(15)11-3-5-14-8-12(10(2)16)4-6-13(14)7-11;1-7-6-8(10-2)4-5-9(7)11-3;1-9-7-5-3-4-6-8(7)10-2/h13-16H,3-12H2,1-2H3;3-8H,1-2H3;4-6H,1-3H3;3-6H,1-2H3. The van der Waals surface area contributed by atoms with E-state index in [2.05, 4.69) is 38.1 Å². The third kappa shape index (κ3) is 17.3. The Labute approximate surface area is 331 Å². The molecule has 0 amide bonds. The molecule has 296 valence electrons. The molecule has 0 radical (unpaired) electrons. The van der Waals surface area contributed by atoms with E-state index in [1.165, 1.54) is 68.9 Å². The highest BCUT2D eigenvalue weighted by atomic mass is 16.5. The lowest BCUT2D eigenvalue weighted by atomic mass is 10.0. The van der Waals surface area contributed by atoms with Crippen LogP contribution in [-0.2, 0) is 12.8 Å². The monoisotopic (exact) mass is 748 g/mol. The van der Waals surface area contributed by atoms with Gasteiger partial charge in [-0.3, -0.25) is 9.59 Å². The van der Waals surface area contributed by atoms with E-state index >= 15 is 0 Å². The van der Waals surface area contributed by atoms with Crippen molar-refractivity contribution in [2.75, 3.05) is 28.4 Å². The molecule has 0 bridgehead atoms. The molecule has 55 heavy (non-hydrogen) atoms. The third-order valence-electron chi connectivity index (χ3n) is 9.29. The van der Waals surface area contributed by atoms with Gasteiger partial charge in [0, 0.05) is 11.1 Å². The summed E-state index contributed by atoms with van der Waals surface area (Å²) < 4.78 is 20.2. The summed E-state index contributed by atoms with van der Waals surface area (Å²) >= 11 is 0. The van der Waals surface area contributed by atoms with Gasteiger partial charge in [0.05, 0.1) is 28.4 Å². The summed E-state index contributed by atoms with van der Waals surface area (Å²) in [5.41, 5.74) is 5.45. The second-order valence-electron chi connectivity index (χ2n) is 13.5. The Morgan fingerprint density at radius 1 is 0.491 bits per heavy atom. The molecule has 5 rings (SSSR count). The zero-order valence-electron chi connectivity index (χ0n) is 34.8. The number of ketones is 2. The number of ether oxygens (including phenoxy) is 4. The number of rotatable bonds is 16. The van der Waals surface area contributed by atoms with Gasteiger partial charge in [-0.1, -0.05) is 119 Å². The molecule has 0 fully saturated rings. The third-order valence-corrected chi connectivity index (χ3v) is 9.29. The summed E-state index contributed by atoms with van der Waals surface area (Å²) in [5.74, 6) is 3.40. The smallest absolute Gasteiger partial charge is 0.160 e. The van der Waals surface area contributed by atoms with Crippen molar-refractivity contribution in [3.05, 3.63) is 131 Å². The summed E-state index contributed by atoms with van der Waals surface area (Å²) in [6.45, 7) is 9.58. The van der Waals surface area contributed by atoms with E-state index in [0.29, 0.717) is 11.1 Å². The SMILES string of the molecule is CC(=O)c1ccc2cc(C(C)=O)ccc2c1.CCCCCCCCCCc1ccc(CC)cc1.COc1ccc(OC)c(C)c1.COc1ccccc1OC. The van der Waals surface area contributed by atoms with Crippen molar-refractivity contribution in [3.8, 4) is 23.0 Å². The van der Waals surface area contributed by atoms with Crippen LogP contribution in [-0.4, -0.2) is 40.0 Å². The summed E-state index contributed by atoms with van der Waals surface area (Å²) in [6, 6.07) is 33.4. The average molecular weight is 749 g/mol. The molecule has 0 unspecified atom stereocenters. The first-order valence-corrected chi connectivity index (χ1v) is 19.6. The molecule has 0 spiro atoms. The zero-order chi connectivity index (χ0) is 40.4. The predicted molar refractivity (Wildman–Crippen MR) is 230 cm³/mol. The van der Waals surface area contributed by atoms with E-state index in [0.717, 1.165) is 45.8 Å². The number of fused-ring (bicyclic) bond motifs is 1. The average Bonchev–Trinajstić information content (AvgIpc) is 3.22. The van der Waals surface area contributed by atoms with E-state index in [4.69, 9.17) is 18.9 Å². The molecule has 0 heterocycles. The molecule has 0 saturated heterocycles. The minimum atomic E-state index is 0.0533. The number of benzene rings is 5. The molecule has 0 aliphatic heterocycles. The lowest BCUT2D eigenvalue weighted by Crippen LogP contribution is -1.93. The Morgan fingerprint density at radius 3 is 1.38 bits per heavy atom. The fourth-order valence-electron chi connectivity index (χ4n) is 5.85.